The van der Waals surface area contributed by atoms with E-state index in [1.54, 1.807) is 18.2 Å². The second kappa shape index (κ2) is 11.1. The number of carbonyl (C=O) groups excluding carboxylic acids is 1. The molecule has 4 atom stereocenters. The van der Waals surface area contributed by atoms with Crippen molar-refractivity contribution in [2.24, 2.45) is 0 Å². The van der Waals surface area contributed by atoms with Crippen LogP contribution < -0.4 is 14.8 Å². The Morgan fingerprint density at radius 2 is 1.82 bits per heavy atom. The molecule has 10 heteroatoms. The Kier molecular flexibility index (Phi) is 7.64. The first kappa shape index (κ1) is 26.1. The first-order valence-corrected chi connectivity index (χ1v) is 14.0. The van der Waals surface area contributed by atoms with Gasteiger partial charge in [0.05, 0.1) is 24.0 Å². The summed E-state index contributed by atoms with van der Waals surface area (Å²) in [5.41, 5.74) is 2.25. The van der Waals surface area contributed by atoms with E-state index in [1.165, 1.54) is 12.1 Å². The van der Waals surface area contributed by atoms with Crippen LogP contribution in [0.25, 0.3) is 0 Å². The van der Waals surface area contributed by atoms with Crippen LogP contribution >= 0.6 is 0 Å². The number of fused-ring (bicyclic) bond motifs is 3. The van der Waals surface area contributed by atoms with Crippen LogP contribution in [0.15, 0.2) is 77.7 Å². The summed E-state index contributed by atoms with van der Waals surface area (Å²) in [6, 6.07) is 19.4. The summed E-state index contributed by atoms with van der Waals surface area (Å²) in [5.74, 6) is -0.267. The zero-order valence-corrected chi connectivity index (χ0v) is 21.4. The lowest BCUT2D eigenvalue weighted by molar-refractivity contribution is -0.142. The zero-order valence-electron chi connectivity index (χ0n) is 20.5. The molecule has 1 saturated heterocycles. The Labute approximate surface area is 220 Å². The Hall–Kier alpha value is -3.47. The van der Waals surface area contributed by atoms with E-state index in [-0.39, 0.29) is 29.7 Å². The first-order valence-electron chi connectivity index (χ1n) is 12.5. The van der Waals surface area contributed by atoms with Crippen molar-refractivity contribution in [3.05, 3.63) is 89.7 Å². The number of amides is 1. The van der Waals surface area contributed by atoms with Crippen molar-refractivity contribution < 1.29 is 32.2 Å². The van der Waals surface area contributed by atoms with E-state index in [0.29, 0.717) is 24.4 Å². The average molecular weight is 541 g/mol. The van der Waals surface area contributed by atoms with E-state index in [1.807, 2.05) is 30.3 Å². The third-order valence-corrected chi connectivity index (χ3v) is 8.26. The predicted molar refractivity (Wildman–Crippen MR) is 139 cm³/mol. The highest BCUT2D eigenvalue weighted by Gasteiger charge is 2.46. The maximum Gasteiger partial charge on any atom is 0.261 e. The molecular formula is C28H29FN2O6S. The van der Waals surface area contributed by atoms with E-state index in [4.69, 9.17) is 9.47 Å². The van der Waals surface area contributed by atoms with Crippen LogP contribution in [0.4, 0.5) is 10.1 Å². The van der Waals surface area contributed by atoms with Gasteiger partial charge in [-0.25, -0.2) is 12.8 Å². The fourth-order valence-corrected chi connectivity index (χ4v) is 6.10. The van der Waals surface area contributed by atoms with E-state index >= 15 is 0 Å². The largest absolute Gasteiger partial charge is 0.487 e. The molecule has 0 aromatic heterocycles. The maximum absolute atomic E-state index is 13.2. The summed E-state index contributed by atoms with van der Waals surface area (Å²) in [6.45, 7) is 0.236. The minimum Gasteiger partial charge on any atom is -0.487 e. The van der Waals surface area contributed by atoms with Crippen LogP contribution in [-0.2, 0) is 26.0 Å². The number of anilines is 1. The highest BCUT2D eigenvalue weighted by Crippen LogP contribution is 2.47. The van der Waals surface area contributed by atoms with Gasteiger partial charge >= 0.3 is 0 Å². The number of hydrogen-bond acceptors (Lipinski definition) is 6. The van der Waals surface area contributed by atoms with Crippen LogP contribution in [0, 0.1) is 5.82 Å². The van der Waals surface area contributed by atoms with E-state index in [2.05, 4.69) is 10.0 Å². The van der Waals surface area contributed by atoms with Crippen molar-refractivity contribution in [2.75, 3.05) is 17.9 Å². The van der Waals surface area contributed by atoms with Gasteiger partial charge in [-0.05, 0) is 60.9 Å². The Morgan fingerprint density at radius 3 is 2.55 bits per heavy atom. The van der Waals surface area contributed by atoms with E-state index in [0.717, 1.165) is 29.7 Å². The van der Waals surface area contributed by atoms with E-state index in [9.17, 15) is 22.7 Å². The van der Waals surface area contributed by atoms with Gasteiger partial charge in [0.15, 0.2) is 0 Å². The van der Waals surface area contributed by atoms with Crippen LogP contribution in [0.5, 0.6) is 5.75 Å². The topological polar surface area (TPSA) is 114 Å². The Morgan fingerprint density at radius 1 is 1.05 bits per heavy atom. The number of ether oxygens (including phenoxy) is 2. The zero-order chi connectivity index (χ0) is 26.7. The molecule has 0 unspecified atom stereocenters. The minimum absolute atomic E-state index is 0.0572. The van der Waals surface area contributed by atoms with Crippen LogP contribution in [0.3, 0.4) is 0 Å². The molecule has 3 N–H and O–H groups in total. The van der Waals surface area contributed by atoms with Gasteiger partial charge in [-0.15, -0.1) is 0 Å². The molecule has 2 aliphatic heterocycles. The average Bonchev–Trinajstić information content (AvgIpc) is 3.27. The molecule has 0 aliphatic carbocycles. The van der Waals surface area contributed by atoms with Gasteiger partial charge in [-0.3, -0.25) is 9.52 Å². The summed E-state index contributed by atoms with van der Waals surface area (Å²) in [4.78, 5) is 12.6. The molecule has 0 bridgehead atoms. The number of nitrogens with one attached hydrogen (secondary N) is 2. The summed E-state index contributed by atoms with van der Waals surface area (Å²) >= 11 is 0. The van der Waals surface area contributed by atoms with Gasteiger partial charge in [-0.1, -0.05) is 30.3 Å². The number of aliphatic hydroxyl groups excluding tert-OH is 1. The molecule has 200 valence electrons. The van der Waals surface area contributed by atoms with Crippen molar-refractivity contribution in [1.29, 1.82) is 0 Å². The molecule has 2 aliphatic rings. The SMILES string of the molecule is O=C(C[C@H]1C[C@@H]2c3cc(NS(=O)(=O)c4ccc(F)cc4)ccc3O[C@@H]2[C@H](CO)O1)NCCc1ccccc1. The summed E-state index contributed by atoms with van der Waals surface area (Å²) in [5, 5.41) is 12.9. The highest BCUT2D eigenvalue weighted by molar-refractivity contribution is 7.92. The Balaban J connectivity index is 1.26. The number of hydrogen-bond donors (Lipinski definition) is 3. The lowest BCUT2D eigenvalue weighted by atomic mass is 9.84. The predicted octanol–water partition coefficient (Wildman–Crippen LogP) is 3.37. The molecular weight excluding hydrogens is 511 g/mol. The van der Waals surface area contributed by atoms with Gasteiger partial charge < -0.3 is 19.9 Å². The fourth-order valence-electron chi connectivity index (χ4n) is 5.05. The molecule has 8 nitrogen and oxygen atoms in total. The quantitative estimate of drug-likeness (QED) is 0.384. The third kappa shape index (κ3) is 5.82. The van der Waals surface area contributed by atoms with Crippen molar-refractivity contribution in [2.45, 2.75) is 48.4 Å². The molecule has 0 spiro atoms. The van der Waals surface area contributed by atoms with Gasteiger partial charge in [-0.2, -0.15) is 0 Å². The van der Waals surface area contributed by atoms with Crippen LogP contribution in [0.1, 0.15) is 29.9 Å². The van der Waals surface area contributed by atoms with Crippen molar-refractivity contribution in [1.82, 2.24) is 5.32 Å². The molecule has 1 fully saturated rings. The highest BCUT2D eigenvalue weighted by atomic mass is 32.2. The molecule has 1 amide bonds. The van der Waals surface area contributed by atoms with Crippen molar-refractivity contribution >= 4 is 21.6 Å². The molecule has 3 aromatic carbocycles. The monoisotopic (exact) mass is 540 g/mol. The molecule has 3 aromatic rings. The Bertz CT molecular complexity index is 1380. The number of carbonyl (C=O) groups is 1. The number of benzene rings is 3. The van der Waals surface area contributed by atoms with Crippen LogP contribution in [0.2, 0.25) is 0 Å². The third-order valence-electron chi connectivity index (χ3n) is 6.87. The molecule has 2 heterocycles. The second-order valence-electron chi connectivity index (χ2n) is 9.51. The normalized spacial score (nSPS) is 22.2. The minimum atomic E-state index is -3.92. The standard InChI is InChI=1S/C28H29FN2O6S/c29-19-6-9-22(10-7-19)38(34,35)31-20-8-11-25-23(14-20)24-15-21(36-26(17-32)28(24)37-25)16-27(33)30-13-12-18-4-2-1-3-5-18/h1-11,14,21,24,26,28,31-32H,12-13,15-17H2,(H,30,33)/t21-,24-,26+,28+/m1/s1. The van der Waals surface area contributed by atoms with Crippen molar-refractivity contribution in [3.63, 3.8) is 0 Å². The second-order valence-corrected chi connectivity index (χ2v) is 11.2. The van der Waals surface area contributed by atoms with Gasteiger partial charge in [0, 0.05) is 23.7 Å². The fraction of sp³-hybridized carbons (Fsp3) is 0.321. The first-order chi connectivity index (χ1) is 18.3. The number of halogens is 1. The van der Waals surface area contributed by atoms with Crippen LogP contribution in [-0.4, -0.2) is 50.9 Å². The summed E-state index contributed by atoms with van der Waals surface area (Å²) in [7, 11) is -3.92. The molecule has 5 rings (SSSR count). The molecule has 0 saturated carbocycles. The smallest absolute Gasteiger partial charge is 0.261 e. The molecule has 38 heavy (non-hydrogen) atoms. The number of rotatable bonds is 9. The van der Waals surface area contributed by atoms with E-state index < -0.39 is 34.2 Å². The summed E-state index contributed by atoms with van der Waals surface area (Å²) < 4.78 is 53.4. The lowest BCUT2D eigenvalue weighted by Crippen LogP contribution is -2.47. The summed E-state index contributed by atoms with van der Waals surface area (Å²) in [6.07, 6.45) is -0.159. The van der Waals surface area contributed by atoms with Crippen molar-refractivity contribution in [3.8, 4) is 5.75 Å². The number of aliphatic hydroxyl groups is 1. The maximum atomic E-state index is 13.2. The van der Waals surface area contributed by atoms with Gasteiger partial charge in [0.2, 0.25) is 5.91 Å². The van der Waals surface area contributed by atoms with Gasteiger partial charge in [0.25, 0.3) is 10.0 Å². The molecule has 0 radical (unpaired) electrons. The number of sulfonamides is 1. The lowest BCUT2D eigenvalue weighted by Gasteiger charge is -2.37. The van der Waals surface area contributed by atoms with Gasteiger partial charge in [0.1, 0.15) is 23.8 Å².